The molecular formula is C21H18ClF2N5O. The molecule has 0 atom stereocenters. The molecule has 1 N–H and O–H groups in total. The van der Waals surface area contributed by atoms with Gasteiger partial charge in [0, 0.05) is 25.6 Å². The third kappa shape index (κ3) is 3.66. The molecule has 0 fully saturated rings. The van der Waals surface area contributed by atoms with E-state index in [4.69, 9.17) is 11.6 Å². The molecule has 0 saturated carbocycles. The third-order valence-corrected chi connectivity index (χ3v) is 5.14. The van der Waals surface area contributed by atoms with E-state index in [0.717, 1.165) is 40.2 Å². The molecule has 0 bridgehead atoms. The van der Waals surface area contributed by atoms with Crippen LogP contribution in [0.1, 0.15) is 12.7 Å². The number of anilines is 1. The van der Waals surface area contributed by atoms with Gasteiger partial charge >= 0.3 is 0 Å². The Hall–Kier alpha value is -3.26. The van der Waals surface area contributed by atoms with Gasteiger partial charge in [-0.2, -0.15) is 9.78 Å². The standard InChI is InChI=1S/C21H18ClF2N5O/c1-2-28-18-6-4-3-5-15(18)27-19(28)9-10-25-16-12-26-29(21(30)20(16)22)17-8-7-13(23)11-14(17)24/h3-8,11-12,25H,2,9-10H2,1H3. The van der Waals surface area contributed by atoms with Gasteiger partial charge < -0.3 is 9.88 Å². The van der Waals surface area contributed by atoms with Gasteiger partial charge in [-0.15, -0.1) is 0 Å². The third-order valence-electron chi connectivity index (χ3n) is 4.77. The average Bonchev–Trinajstić information content (AvgIpc) is 3.09. The van der Waals surface area contributed by atoms with Gasteiger partial charge in [0.15, 0.2) is 5.82 Å². The number of hydrogen-bond donors (Lipinski definition) is 1. The number of nitrogens with zero attached hydrogens (tertiary/aromatic N) is 4. The molecule has 2 aromatic heterocycles. The number of halogens is 3. The van der Waals surface area contributed by atoms with Crippen molar-refractivity contribution >= 4 is 28.3 Å². The molecule has 30 heavy (non-hydrogen) atoms. The smallest absolute Gasteiger partial charge is 0.292 e. The lowest BCUT2D eigenvalue weighted by Crippen LogP contribution is -2.24. The number of fused-ring (bicyclic) bond motifs is 1. The van der Waals surface area contributed by atoms with E-state index in [0.29, 0.717) is 24.7 Å². The molecule has 0 aliphatic carbocycles. The SMILES string of the molecule is CCn1c(CCNc2cnn(-c3ccc(F)cc3F)c(=O)c2Cl)nc2ccccc21. The van der Waals surface area contributed by atoms with Crippen molar-refractivity contribution in [2.75, 3.05) is 11.9 Å². The molecule has 154 valence electrons. The van der Waals surface area contributed by atoms with Gasteiger partial charge in [0.1, 0.15) is 22.4 Å². The second-order valence-electron chi connectivity index (χ2n) is 6.62. The van der Waals surface area contributed by atoms with E-state index in [9.17, 15) is 13.6 Å². The average molecular weight is 430 g/mol. The summed E-state index contributed by atoms with van der Waals surface area (Å²) in [6.07, 6.45) is 1.95. The first-order chi connectivity index (χ1) is 14.5. The Morgan fingerprint density at radius 3 is 2.73 bits per heavy atom. The molecular weight excluding hydrogens is 412 g/mol. The van der Waals surface area contributed by atoms with Crippen LogP contribution < -0.4 is 10.9 Å². The van der Waals surface area contributed by atoms with Crippen LogP contribution in [0.3, 0.4) is 0 Å². The van der Waals surface area contributed by atoms with Crippen molar-refractivity contribution in [1.29, 1.82) is 0 Å². The van der Waals surface area contributed by atoms with Crippen LogP contribution in [0.25, 0.3) is 16.7 Å². The van der Waals surface area contributed by atoms with Crippen LogP contribution in [0.2, 0.25) is 5.02 Å². The molecule has 0 unspecified atom stereocenters. The summed E-state index contributed by atoms with van der Waals surface area (Å²) in [5, 5.41) is 6.93. The highest BCUT2D eigenvalue weighted by Gasteiger charge is 2.15. The molecule has 0 spiro atoms. The Bertz CT molecular complexity index is 1280. The van der Waals surface area contributed by atoms with Crippen molar-refractivity contribution in [2.45, 2.75) is 19.9 Å². The Kier molecular flexibility index (Phi) is 5.50. The van der Waals surface area contributed by atoms with Crippen molar-refractivity contribution in [1.82, 2.24) is 19.3 Å². The number of rotatable bonds is 6. The lowest BCUT2D eigenvalue weighted by Gasteiger charge is -2.11. The summed E-state index contributed by atoms with van der Waals surface area (Å²) in [5.41, 5.74) is 1.45. The molecule has 9 heteroatoms. The quantitative estimate of drug-likeness (QED) is 0.499. The lowest BCUT2D eigenvalue weighted by molar-refractivity contribution is 0.570. The number of benzene rings is 2. The van der Waals surface area contributed by atoms with E-state index in [-0.39, 0.29) is 10.7 Å². The minimum absolute atomic E-state index is 0.127. The van der Waals surface area contributed by atoms with Crippen LogP contribution in [-0.4, -0.2) is 25.9 Å². The first kappa shape index (κ1) is 20.0. The maximum atomic E-state index is 14.0. The summed E-state index contributed by atoms with van der Waals surface area (Å²) < 4.78 is 30.0. The Labute approximate surface area is 175 Å². The highest BCUT2D eigenvalue weighted by atomic mass is 35.5. The van der Waals surface area contributed by atoms with Crippen LogP contribution in [0.4, 0.5) is 14.5 Å². The predicted octanol–water partition coefficient (Wildman–Crippen LogP) is 4.19. The number of aromatic nitrogens is 4. The van der Waals surface area contributed by atoms with Crippen molar-refractivity contribution in [2.24, 2.45) is 0 Å². The van der Waals surface area contributed by atoms with E-state index in [1.807, 2.05) is 24.3 Å². The van der Waals surface area contributed by atoms with Crippen molar-refractivity contribution in [3.63, 3.8) is 0 Å². The predicted molar refractivity (Wildman–Crippen MR) is 112 cm³/mol. The van der Waals surface area contributed by atoms with Crippen LogP contribution >= 0.6 is 11.6 Å². The second kappa shape index (κ2) is 8.23. The fourth-order valence-electron chi connectivity index (χ4n) is 3.36. The van der Waals surface area contributed by atoms with Crippen molar-refractivity contribution in [3.05, 3.63) is 81.5 Å². The molecule has 0 aliphatic rings. The molecule has 0 saturated heterocycles. The summed E-state index contributed by atoms with van der Waals surface area (Å²) in [4.78, 5) is 17.2. The molecule has 0 aliphatic heterocycles. The fraction of sp³-hybridized carbons (Fsp3) is 0.190. The fourth-order valence-corrected chi connectivity index (χ4v) is 3.55. The zero-order valence-electron chi connectivity index (χ0n) is 16.1. The molecule has 0 amide bonds. The summed E-state index contributed by atoms with van der Waals surface area (Å²) in [5.74, 6) is -0.733. The monoisotopic (exact) mass is 429 g/mol. The van der Waals surface area contributed by atoms with Gasteiger partial charge in [0.05, 0.1) is 22.9 Å². The zero-order valence-corrected chi connectivity index (χ0v) is 16.8. The molecule has 4 rings (SSSR count). The summed E-state index contributed by atoms with van der Waals surface area (Å²) in [6, 6.07) is 10.8. The van der Waals surface area contributed by atoms with Gasteiger partial charge in [-0.05, 0) is 31.2 Å². The summed E-state index contributed by atoms with van der Waals surface area (Å²) in [6.45, 7) is 3.32. The molecule has 0 radical (unpaired) electrons. The number of imidazole rings is 1. The first-order valence-electron chi connectivity index (χ1n) is 9.41. The minimum Gasteiger partial charge on any atom is -0.382 e. The van der Waals surface area contributed by atoms with E-state index in [1.165, 1.54) is 6.20 Å². The van der Waals surface area contributed by atoms with E-state index < -0.39 is 17.2 Å². The largest absolute Gasteiger partial charge is 0.382 e. The van der Waals surface area contributed by atoms with Crippen molar-refractivity contribution < 1.29 is 8.78 Å². The van der Waals surface area contributed by atoms with Gasteiger partial charge in [0.2, 0.25) is 0 Å². The van der Waals surface area contributed by atoms with E-state index >= 15 is 0 Å². The summed E-state index contributed by atoms with van der Waals surface area (Å²) in [7, 11) is 0. The topological polar surface area (TPSA) is 64.7 Å². The minimum atomic E-state index is -0.903. The lowest BCUT2D eigenvalue weighted by atomic mass is 10.3. The maximum absolute atomic E-state index is 14.0. The number of para-hydroxylation sites is 2. The normalized spacial score (nSPS) is 11.2. The van der Waals surface area contributed by atoms with Crippen molar-refractivity contribution in [3.8, 4) is 5.69 Å². The van der Waals surface area contributed by atoms with Crippen LogP contribution in [0.15, 0.2) is 53.5 Å². The van der Waals surface area contributed by atoms with Gasteiger partial charge in [-0.1, -0.05) is 23.7 Å². The highest BCUT2D eigenvalue weighted by Crippen LogP contribution is 2.20. The summed E-state index contributed by atoms with van der Waals surface area (Å²) >= 11 is 6.18. The van der Waals surface area contributed by atoms with Crippen LogP contribution in [-0.2, 0) is 13.0 Å². The number of aryl methyl sites for hydroxylation is 1. The molecule has 2 aromatic carbocycles. The molecule has 4 aromatic rings. The van der Waals surface area contributed by atoms with E-state index in [2.05, 4.69) is 26.9 Å². The van der Waals surface area contributed by atoms with Gasteiger partial charge in [-0.25, -0.2) is 13.8 Å². The second-order valence-corrected chi connectivity index (χ2v) is 7.00. The highest BCUT2D eigenvalue weighted by molar-refractivity contribution is 6.32. The number of hydrogen-bond acceptors (Lipinski definition) is 4. The molecule has 6 nitrogen and oxygen atoms in total. The van der Waals surface area contributed by atoms with Gasteiger partial charge in [-0.3, -0.25) is 4.79 Å². The van der Waals surface area contributed by atoms with Crippen LogP contribution in [0, 0.1) is 11.6 Å². The van der Waals surface area contributed by atoms with Gasteiger partial charge in [0.25, 0.3) is 5.56 Å². The van der Waals surface area contributed by atoms with Crippen LogP contribution in [0.5, 0.6) is 0 Å². The Balaban J connectivity index is 1.54. The zero-order chi connectivity index (χ0) is 21.3. The Morgan fingerprint density at radius 1 is 1.17 bits per heavy atom. The first-order valence-corrected chi connectivity index (χ1v) is 9.78. The maximum Gasteiger partial charge on any atom is 0.292 e. The Morgan fingerprint density at radius 2 is 1.97 bits per heavy atom. The number of nitrogens with one attached hydrogen (secondary N) is 1. The van der Waals surface area contributed by atoms with E-state index in [1.54, 1.807) is 0 Å². The molecule has 2 heterocycles.